The third-order valence-electron chi connectivity index (χ3n) is 8.46. The lowest BCUT2D eigenvalue weighted by Crippen LogP contribution is -2.38. The van der Waals surface area contributed by atoms with Gasteiger partial charge < -0.3 is 19.5 Å². The number of piperidine rings is 2. The highest BCUT2D eigenvalue weighted by Crippen LogP contribution is 2.42. The highest BCUT2D eigenvalue weighted by molar-refractivity contribution is 7.26. The Morgan fingerprint density at radius 3 is 2.52 bits per heavy atom. The second-order valence-corrected chi connectivity index (χ2v) is 12.3. The first kappa shape index (κ1) is 25.3. The zero-order valence-electron chi connectivity index (χ0n) is 22.7. The zero-order valence-corrected chi connectivity index (χ0v) is 23.6. The quantitative estimate of drug-likeness (QED) is 0.258. The maximum absolute atomic E-state index is 13.2. The second-order valence-electron chi connectivity index (χ2n) is 11.3. The fraction of sp³-hybridized carbons (Fsp3) is 0.333. The molecule has 0 spiro atoms. The maximum atomic E-state index is 13.2. The number of rotatable bonds is 4. The molecule has 7 rings (SSSR count). The van der Waals surface area contributed by atoms with Crippen LogP contribution in [0.1, 0.15) is 32.1 Å². The first-order valence-corrected chi connectivity index (χ1v) is 15.1. The van der Waals surface area contributed by atoms with E-state index in [2.05, 4.69) is 58.6 Å². The molecule has 4 heterocycles. The Hall–Kier alpha value is -3.68. The van der Waals surface area contributed by atoms with E-state index < -0.39 is 0 Å². The highest BCUT2D eigenvalue weighted by atomic mass is 32.1. The number of nitrogens with one attached hydrogen (secondary N) is 1. The van der Waals surface area contributed by atoms with Crippen LogP contribution in [0.3, 0.4) is 0 Å². The van der Waals surface area contributed by atoms with Gasteiger partial charge in [-0.25, -0.2) is 0 Å². The van der Waals surface area contributed by atoms with Crippen molar-refractivity contribution in [3.63, 3.8) is 0 Å². The molecule has 2 aliphatic rings. The first-order valence-electron chi connectivity index (χ1n) is 14.3. The molecule has 1 unspecified atom stereocenters. The van der Waals surface area contributed by atoms with Gasteiger partial charge >= 0.3 is 0 Å². The summed E-state index contributed by atoms with van der Waals surface area (Å²) in [5.74, 6) is 0.787. The molecule has 204 valence electrons. The van der Waals surface area contributed by atoms with Gasteiger partial charge in [-0.1, -0.05) is 30.3 Å². The number of nitrogens with zero attached hydrogens (tertiary/aromatic N) is 2. The standard InChI is InChI=1S/C33H33N3O3S/c1-35-15-7-8-21(20-35)33(38)34-22-13-14-29-27(18-22)25-11-6-10-24(32(25)40-29)23-9-5-12-26-28(37)19-30(39-31(23)26)36-16-3-2-4-17-36/h5-6,9-14,18-19,21H,2-4,7-8,15-17,20H2,1H3,(H,34,38). The Kier molecular flexibility index (Phi) is 6.56. The Bertz CT molecular complexity index is 1800. The number of likely N-dealkylation sites (tertiary alicyclic amines) is 1. The van der Waals surface area contributed by atoms with Crippen LogP contribution in [0.2, 0.25) is 0 Å². The van der Waals surface area contributed by atoms with E-state index in [9.17, 15) is 9.59 Å². The van der Waals surface area contributed by atoms with Crippen molar-refractivity contribution in [2.75, 3.05) is 43.4 Å². The molecule has 2 aromatic heterocycles. The third-order valence-corrected chi connectivity index (χ3v) is 9.68. The zero-order chi connectivity index (χ0) is 27.2. The lowest BCUT2D eigenvalue weighted by Gasteiger charge is -2.28. The normalized spacial score (nSPS) is 18.5. The maximum Gasteiger partial charge on any atom is 0.228 e. The van der Waals surface area contributed by atoms with E-state index in [1.54, 1.807) is 17.4 Å². The van der Waals surface area contributed by atoms with Crippen LogP contribution in [-0.2, 0) is 4.79 Å². The highest BCUT2D eigenvalue weighted by Gasteiger charge is 2.24. The van der Waals surface area contributed by atoms with Crippen LogP contribution in [0.5, 0.6) is 0 Å². The average molecular weight is 552 g/mol. The minimum absolute atomic E-state index is 0.00303. The summed E-state index contributed by atoms with van der Waals surface area (Å²) in [6, 6.07) is 20.0. The number of hydrogen-bond acceptors (Lipinski definition) is 6. The summed E-state index contributed by atoms with van der Waals surface area (Å²) in [5, 5.41) is 6.04. The van der Waals surface area contributed by atoms with E-state index in [4.69, 9.17) is 4.42 Å². The van der Waals surface area contributed by atoms with Crippen LogP contribution in [0.4, 0.5) is 11.6 Å². The predicted molar refractivity (Wildman–Crippen MR) is 166 cm³/mol. The van der Waals surface area contributed by atoms with Gasteiger partial charge in [-0.2, -0.15) is 0 Å². The number of amides is 1. The number of carbonyl (C=O) groups is 1. The molecule has 0 bridgehead atoms. The molecule has 1 atom stereocenters. The molecule has 7 heteroatoms. The number of thiophene rings is 1. The van der Waals surface area contributed by atoms with Crippen molar-refractivity contribution >= 4 is 60.0 Å². The summed E-state index contributed by atoms with van der Waals surface area (Å²) < 4.78 is 8.81. The van der Waals surface area contributed by atoms with Gasteiger partial charge in [-0.3, -0.25) is 9.59 Å². The fourth-order valence-corrected chi connectivity index (χ4v) is 7.57. The van der Waals surface area contributed by atoms with Crippen LogP contribution < -0.4 is 15.6 Å². The lowest BCUT2D eigenvalue weighted by atomic mass is 9.97. The molecule has 40 heavy (non-hydrogen) atoms. The number of hydrogen-bond donors (Lipinski definition) is 1. The Labute approximate surface area is 237 Å². The third kappa shape index (κ3) is 4.57. The summed E-state index contributed by atoms with van der Waals surface area (Å²) in [5.41, 5.74) is 3.46. The van der Waals surface area contributed by atoms with Gasteiger partial charge in [0.1, 0.15) is 5.58 Å². The molecule has 2 fully saturated rings. The average Bonchev–Trinajstić information content (AvgIpc) is 3.35. The molecule has 0 saturated carbocycles. The topological polar surface area (TPSA) is 65.8 Å². The van der Waals surface area contributed by atoms with E-state index in [1.807, 2.05) is 18.2 Å². The van der Waals surface area contributed by atoms with Gasteiger partial charge in [0.15, 0.2) is 11.3 Å². The van der Waals surface area contributed by atoms with Crippen molar-refractivity contribution in [3.05, 3.63) is 70.9 Å². The number of para-hydroxylation sites is 1. The van der Waals surface area contributed by atoms with Gasteiger partial charge in [-0.15, -0.1) is 11.3 Å². The van der Waals surface area contributed by atoms with Crippen LogP contribution >= 0.6 is 11.3 Å². The largest absolute Gasteiger partial charge is 0.440 e. The van der Waals surface area contributed by atoms with E-state index in [0.717, 1.165) is 88.8 Å². The predicted octanol–water partition coefficient (Wildman–Crippen LogP) is 7.10. The van der Waals surface area contributed by atoms with Gasteiger partial charge in [0.25, 0.3) is 0 Å². The number of fused-ring (bicyclic) bond motifs is 4. The van der Waals surface area contributed by atoms with Crippen molar-refractivity contribution in [3.8, 4) is 11.1 Å². The molecule has 2 saturated heterocycles. The summed E-state index contributed by atoms with van der Waals surface area (Å²) in [7, 11) is 2.08. The van der Waals surface area contributed by atoms with Crippen molar-refractivity contribution in [2.24, 2.45) is 5.92 Å². The van der Waals surface area contributed by atoms with E-state index in [1.165, 1.54) is 6.42 Å². The number of anilines is 2. The second kappa shape index (κ2) is 10.4. The number of benzene rings is 3. The molecule has 5 aromatic rings. The van der Waals surface area contributed by atoms with Crippen molar-refractivity contribution in [1.82, 2.24) is 4.90 Å². The van der Waals surface area contributed by atoms with E-state index in [0.29, 0.717) is 16.9 Å². The monoisotopic (exact) mass is 551 g/mol. The molecular weight excluding hydrogens is 518 g/mol. The lowest BCUT2D eigenvalue weighted by molar-refractivity contribution is -0.121. The molecule has 0 radical (unpaired) electrons. The summed E-state index contributed by atoms with van der Waals surface area (Å²) in [6.45, 7) is 3.69. The molecule has 0 aliphatic carbocycles. The summed E-state index contributed by atoms with van der Waals surface area (Å²) in [4.78, 5) is 30.6. The SMILES string of the molecule is CN1CCCC(C(=O)Nc2ccc3sc4c(-c5cccc6c(=O)cc(N7CCCCC7)oc56)cccc4c3c2)C1. The number of carbonyl (C=O) groups excluding carboxylic acids is 1. The Balaban J connectivity index is 1.30. The molecular formula is C33H33N3O3S. The minimum atomic E-state index is -0.00303. The van der Waals surface area contributed by atoms with Gasteiger partial charge in [-0.05, 0) is 70.0 Å². The summed E-state index contributed by atoms with van der Waals surface area (Å²) in [6.07, 6.45) is 5.44. The summed E-state index contributed by atoms with van der Waals surface area (Å²) >= 11 is 1.73. The van der Waals surface area contributed by atoms with Crippen LogP contribution in [0.25, 0.3) is 42.3 Å². The van der Waals surface area contributed by atoms with Crippen molar-refractivity contribution in [2.45, 2.75) is 32.1 Å². The molecule has 1 N–H and O–H groups in total. The van der Waals surface area contributed by atoms with Gasteiger partial charge in [0.2, 0.25) is 5.91 Å². The van der Waals surface area contributed by atoms with Crippen molar-refractivity contribution in [1.29, 1.82) is 0 Å². The first-order chi connectivity index (χ1) is 19.5. The van der Waals surface area contributed by atoms with Crippen LogP contribution in [0.15, 0.2) is 69.9 Å². The minimum Gasteiger partial charge on any atom is -0.440 e. The molecule has 3 aromatic carbocycles. The Morgan fingerprint density at radius 1 is 0.900 bits per heavy atom. The molecule has 2 aliphatic heterocycles. The van der Waals surface area contributed by atoms with Crippen molar-refractivity contribution < 1.29 is 9.21 Å². The van der Waals surface area contributed by atoms with Gasteiger partial charge in [0.05, 0.1) is 11.3 Å². The van der Waals surface area contributed by atoms with E-state index >= 15 is 0 Å². The van der Waals surface area contributed by atoms with Gasteiger partial charge in [0, 0.05) is 62.7 Å². The van der Waals surface area contributed by atoms with Crippen LogP contribution in [0, 0.1) is 5.92 Å². The fourth-order valence-electron chi connectivity index (χ4n) is 6.36. The molecule has 1 amide bonds. The van der Waals surface area contributed by atoms with Crippen LogP contribution in [-0.4, -0.2) is 44.0 Å². The molecule has 6 nitrogen and oxygen atoms in total. The van der Waals surface area contributed by atoms with E-state index in [-0.39, 0.29) is 17.3 Å². The Morgan fingerprint density at radius 2 is 1.70 bits per heavy atom. The smallest absolute Gasteiger partial charge is 0.228 e.